The molecule has 2 aliphatic heterocycles. The largest absolute Gasteiger partial charge is 0.498 e. The minimum atomic E-state index is -0.654. The summed E-state index contributed by atoms with van der Waals surface area (Å²) in [5.41, 5.74) is 0.806. The van der Waals surface area contributed by atoms with Crippen LogP contribution in [0.3, 0.4) is 0 Å². The molecule has 0 aliphatic carbocycles. The van der Waals surface area contributed by atoms with Crippen LogP contribution in [0.2, 0.25) is 10.0 Å². The number of hydrogen-bond acceptors (Lipinski definition) is 4. The van der Waals surface area contributed by atoms with Gasteiger partial charge in [0.25, 0.3) is 5.91 Å². The molecule has 0 saturated carbocycles. The highest BCUT2D eigenvalue weighted by molar-refractivity contribution is 6.63. The molecular formula is C19H22BCl2N3O3. The van der Waals surface area contributed by atoms with Gasteiger partial charge in [0.05, 0.1) is 27.3 Å². The molecule has 1 aromatic carbocycles. The summed E-state index contributed by atoms with van der Waals surface area (Å²) in [6.07, 6.45) is 1.67. The van der Waals surface area contributed by atoms with E-state index in [0.29, 0.717) is 33.4 Å². The van der Waals surface area contributed by atoms with Crippen molar-refractivity contribution >= 4 is 47.4 Å². The van der Waals surface area contributed by atoms with Crippen molar-refractivity contribution in [3.63, 3.8) is 0 Å². The summed E-state index contributed by atoms with van der Waals surface area (Å²) in [6, 6.07) is 5.17. The Kier molecular flexibility index (Phi) is 4.58. The molecule has 9 heteroatoms. The fourth-order valence-electron chi connectivity index (χ4n) is 3.50. The van der Waals surface area contributed by atoms with Crippen molar-refractivity contribution in [3.05, 3.63) is 40.1 Å². The van der Waals surface area contributed by atoms with E-state index in [0.717, 1.165) is 0 Å². The first-order valence-electron chi connectivity index (χ1n) is 9.22. The molecule has 1 atom stereocenters. The molecule has 3 heterocycles. The smallest absolute Gasteiger partial charge is 0.399 e. The summed E-state index contributed by atoms with van der Waals surface area (Å²) in [4.78, 5) is 15.1. The van der Waals surface area contributed by atoms with Crippen LogP contribution in [-0.4, -0.2) is 40.6 Å². The minimum Gasteiger partial charge on any atom is -0.399 e. The third-order valence-corrected chi connectivity index (χ3v) is 6.60. The van der Waals surface area contributed by atoms with Crippen LogP contribution >= 0.6 is 23.2 Å². The second-order valence-electron chi connectivity index (χ2n) is 8.34. The van der Waals surface area contributed by atoms with E-state index in [2.05, 4.69) is 5.10 Å². The van der Waals surface area contributed by atoms with E-state index in [1.807, 2.05) is 34.6 Å². The molecule has 0 bridgehead atoms. The summed E-state index contributed by atoms with van der Waals surface area (Å²) in [7, 11) is -0.654. The van der Waals surface area contributed by atoms with E-state index >= 15 is 0 Å². The van der Waals surface area contributed by atoms with E-state index in [1.165, 1.54) is 0 Å². The quantitative estimate of drug-likeness (QED) is 0.693. The third kappa shape index (κ3) is 2.96. The van der Waals surface area contributed by atoms with Crippen molar-refractivity contribution in [1.82, 2.24) is 9.78 Å². The first-order chi connectivity index (χ1) is 13.0. The van der Waals surface area contributed by atoms with Crippen LogP contribution in [-0.2, 0) is 9.31 Å². The summed E-state index contributed by atoms with van der Waals surface area (Å²) in [5.74, 6) is -0.168. The van der Waals surface area contributed by atoms with Gasteiger partial charge in [-0.25, -0.2) is 0 Å². The number of carbonyl (C=O) groups excluding carboxylic acids is 1. The number of rotatable bonds is 2. The average Bonchev–Trinajstić information content (AvgIpc) is 3.13. The molecule has 4 rings (SSSR count). The van der Waals surface area contributed by atoms with Gasteiger partial charge in [0.15, 0.2) is 0 Å². The molecule has 6 nitrogen and oxygen atoms in total. The lowest BCUT2D eigenvalue weighted by atomic mass is 9.78. The Balaban J connectivity index is 1.74. The highest BCUT2D eigenvalue weighted by Gasteiger charge is 2.53. The predicted molar refractivity (Wildman–Crippen MR) is 111 cm³/mol. The lowest BCUT2D eigenvalue weighted by Gasteiger charge is -2.32. The van der Waals surface area contributed by atoms with E-state index < -0.39 is 18.3 Å². The predicted octanol–water partition coefficient (Wildman–Crippen LogP) is 3.71. The van der Waals surface area contributed by atoms with Crippen LogP contribution in [0, 0.1) is 0 Å². The van der Waals surface area contributed by atoms with Gasteiger partial charge in [-0.1, -0.05) is 23.2 Å². The Labute approximate surface area is 174 Å². The number of halogens is 2. The van der Waals surface area contributed by atoms with Crippen molar-refractivity contribution < 1.29 is 14.1 Å². The van der Waals surface area contributed by atoms with Crippen LogP contribution in [0.4, 0.5) is 5.69 Å². The van der Waals surface area contributed by atoms with Gasteiger partial charge in [0, 0.05) is 23.9 Å². The standard InChI is InChI=1S/C19H22BCl2N3O3/c1-11-10-24(12-6-7-14(21)15(22)8-12)17(26)16-13(9-23-25(11)16)20-27-18(2,3)19(4,5)28-20/h6-9,11H,10H2,1-5H3/t11-/m0/s1. The van der Waals surface area contributed by atoms with E-state index in [1.54, 1.807) is 34.0 Å². The summed E-state index contributed by atoms with van der Waals surface area (Å²) < 4.78 is 14.0. The molecular weight excluding hydrogens is 400 g/mol. The van der Waals surface area contributed by atoms with Gasteiger partial charge < -0.3 is 14.2 Å². The molecule has 0 N–H and O–H groups in total. The Morgan fingerprint density at radius 1 is 1.14 bits per heavy atom. The molecule has 148 valence electrons. The van der Waals surface area contributed by atoms with Crippen LogP contribution < -0.4 is 10.4 Å². The van der Waals surface area contributed by atoms with Crippen molar-refractivity contribution in [2.75, 3.05) is 11.4 Å². The monoisotopic (exact) mass is 421 g/mol. The molecule has 2 aliphatic rings. The highest BCUT2D eigenvalue weighted by Crippen LogP contribution is 2.37. The zero-order valence-electron chi connectivity index (χ0n) is 16.5. The number of aromatic nitrogens is 2. The Bertz CT molecular complexity index is 944. The average molecular weight is 422 g/mol. The molecule has 0 spiro atoms. The molecule has 28 heavy (non-hydrogen) atoms. The fraction of sp³-hybridized carbons (Fsp3) is 0.474. The van der Waals surface area contributed by atoms with Crippen molar-refractivity contribution in [3.8, 4) is 0 Å². The first-order valence-corrected chi connectivity index (χ1v) is 9.97. The first kappa shape index (κ1) is 19.8. The third-order valence-electron chi connectivity index (χ3n) is 5.86. The van der Waals surface area contributed by atoms with Gasteiger partial charge >= 0.3 is 7.12 Å². The molecule has 1 saturated heterocycles. The summed E-state index contributed by atoms with van der Waals surface area (Å²) >= 11 is 12.2. The second-order valence-corrected chi connectivity index (χ2v) is 9.16. The number of carbonyl (C=O) groups is 1. The summed E-state index contributed by atoms with van der Waals surface area (Å²) in [6.45, 7) is 10.4. The van der Waals surface area contributed by atoms with Crippen molar-refractivity contribution in [2.45, 2.75) is 51.9 Å². The summed E-state index contributed by atoms with van der Waals surface area (Å²) in [5, 5.41) is 5.31. The lowest BCUT2D eigenvalue weighted by Crippen LogP contribution is -2.47. The van der Waals surface area contributed by atoms with E-state index in [9.17, 15) is 4.79 Å². The Hall–Kier alpha value is -1.54. The fourth-order valence-corrected chi connectivity index (χ4v) is 3.79. The number of hydrogen-bond donors (Lipinski definition) is 0. The minimum absolute atomic E-state index is 0.0154. The van der Waals surface area contributed by atoms with Gasteiger partial charge in [0.1, 0.15) is 5.69 Å². The molecule has 1 amide bonds. The maximum Gasteiger partial charge on any atom is 0.498 e. The van der Waals surface area contributed by atoms with Crippen LogP contribution in [0.5, 0.6) is 0 Å². The molecule has 2 aromatic rings. The maximum absolute atomic E-state index is 13.4. The maximum atomic E-state index is 13.4. The van der Waals surface area contributed by atoms with Gasteiger partial charge in [-0.3, -0.25) is 9.48 Å². The topological polar surface area (TPSA) is 56.6 Å². The molecule has 1 aromatic heterocycles. The van der Waals surface area contributed by atoms with E-state index in [-0.39, 0.29) is 11.9 Å². The second kappa shape index (κ2) is 6.49. The van der Waals surface area contributed by atoms with E-state index in [4.69, 9.17) is 32.5 Å². The van der Waals surface area contributed by atoms with Crippen LogP contribution in [0.15, 0.2) is 24.4 Å². The van der Waals surface area contributed by atoms with Crippen molar-refractivity contribution in [1.29, 1.82) is 0 Å². The number of benzene rings is 1. The van der Waals surface area contributed by atoms with Gasteiger partial charge in [-0.05, 0) is 52.8 Å². The Morgan fingerprint density at radius 2 is 1.79 bits per heavy atom. The lowest BCUT2D eigenvalue weighted by molar-refractivity contribution is 0.00578. The van der Waals surface area contributed by atoms with Gasteiger partial charge in [-0.2, -0.15) is 5.10 Å². The van der Waals surface area contributed by atoms with Gasteiger partial charge in [0.2, 0.25) is 0 Å². The van der Waals surface area contributed by atoms with Crippen LogP contribution in [0.1, 0.15) is 51.1 Å². The highest BCUT2D eigenvalue weighted by atomic mass is 35.5. The van der Waals surface area contributed by atoms with Crippen molar-refractivity contribution in [2.24, 2.45) is 0 Å². The zero-order valence-corrected chi connectivity index (χ0v) is 18.0. The SMILES string of the molecule is C[C@H]1CN(c2ccc(Cl)c(Cl)c2)C(=O)c2c(B3OC(C)(C)C(C)(C)O3)cnn21. The number of anilines is 1. The number of amides is 1. The number of fused-ring (bicyclic) bond motifs is 1. The molecule has 0 unspecified atom stereocenters. The van der Waals surface area contributed by atoms with Crippen LogP contribution in [0.25, 0.3) is 0 Å². The molecule has 0 radical (unpaired) electrons. The number of nitrogens with zero attached hydrogens (tertiary/aromatic N) is 3. The zero-order chi connectivity index (χ0) is 20.4. The normalized spacial score (nSPS) is 23.2. The molecule has 1 fully saturated rings. The van der Waals surface area contributed by atoms with Gasteiger partial charge in [-0.15, -0.1) is 0 Å². The Morgan fingerprint density at radius 3 is 2.39 bits per heavy atom.